The van der Waals surface area contributed by atoms with E-state index in [0.717, 1.165) is 51.8 Å². The molecule has 6 heteroatoms. The Balaban J connectivity index is 1.72. The highest BCUT2D eigenvalue weighted by molar-refractivity contribution is 7.89. The van der Waals surface area contributed by atoms with Crippen LogP contribution in [0.25, 0.3) is 0 Å². The molecule has 0 saturated carbocycles. The van der Waals surface area contributed by atoms with Crippen LogP contribution in [0.5, 0.6) is 0 Å². The Morgan fingerprint density at radius 3 is 2.61 bits per heavy atom. The van der Waals surface area contributed by atoms with E-state index >= 15 is 0 Å². The van der Waals surface area contributed by atoms with E-state index in [1.807, 2.05) is 0 Å². The van der Waals surface area contributed by atoms with E-state index in [1.165, 1.54) is 0 Å². The molecular formula is C12H24N2O3S. The molecular weight excluding hydrogens is 252 g/mol. The second kappa shape index (κ2) is 6.84. The van der Waals surface area contributed by atoms with Crippen LogP contribution in [0.15, 0.2) is 0 Å². The van der Waals surface area contributed by atoms with Crippen molar-refractivity contribution in [3.05, 3.63) is 0 Å². The summed E-state index contributed by atoms with van der Waals surface area (Å²) >= 11 is 0. The minimum Gasteiger partial charge on any atom is -0.377 e. The predicted octanol–water partition coefficient (Wildman–Crippen LogP) is 0.475. The van der Waals surface area contributed by atoms with Crippen molar-refractivity contribution in [2.75, 3.05) is 32.0 Å². The zero-order chi connectivity index (χ0) is 12.8. The summed E-state index contributed by atoms with van der Waals surface area (Å²) in [6, 6.07) is 0. The van der Waals surface area contributed by atoms with Gasteiger partial charge in [-0.15, -0.1) is 0 Å². The SMILES string of the molecule is O=S(=O)(CC1CCNCC1)NCC1CCCCO1. The van der Waals surface area contributed by atoms with Gasteiger partial charge in [0.2, 0.25) is 10.0 Å². The number of hydrogen-bond acceptors (Lipinski definition) is 4. The molecule has 0 aromatic carbocycles. The average molecular weight is 276 g/mol. The van der Waals surface area contributed by atoms with Gasteiger partial charge < -0.3 is 10.1 Å². The van der Waals surface area contributed by atoms with Crippen molar-refractivity contribution in [1.29, 1.82) is 0 Å². The summed E-state index contributed by atoms with van der Waals surface area (Å²) in [6.45, 7) is 3.08. The van der Waals surface area contributed by atoms with Gasteiger partial charge in [0.15, 0.2) is 0 Å². The van der Waals surface area contributed by atoms with Crippen LogP contribution in [0.4, 0.5) is 0 Å². The highest BCUT2D eigenvalue weighted by Crippen LogP contribution is 2.15. The monoisotopic (exact) mass is 276 g/mol. The fourth-order valence-electron chi connectivity index (χ4n) is 2.61. The molecule has 2 saturated heterocycles. The van der Waals surface area contributed by atoms with Gasteiger partial charge >= 0.3 is 0 Å². The first-order valence-corrected chi connectivity index (χ1v) is 8.60. The van der Waals surface area contributed by atoms with Gasteiger partial charge in [0.1, 0.15) is 0 Å². The Labute approximate surface area is 110 Å². The number of ether oxygens (including phenoxy) is 1. The summed E-state index contributed by atoms with van der Waals surface area (Å²) in [6.07, 6.45) is 5.19. The summed E-state index contributed by atoms with van der Waals surface area (Å²) < 4.78 is 32.1. The second-order valence-corrected chi connectivity index (χ2v) is 7.16. The van der Waals surface area contributed by atoms with Crippen molar-refractivity contribution in [2.24, 2.45) is 5.92 Å². The number of sulfonamides is 1. The fraction of sp³-hybridized carbons (Fsp3) is 1.00. The normalized spacial score (nSPS) is 27.2. The molecule has 2 N–H and O–H groups in total. The second-order valence-electron chi connectivity index (χ2n) is 5.31. The van der Waals surface area contributed by atoms with Crippen LogP contribution in [0, 0.1) is 5.92 Å². The average Bonchev–Trinajstić information content (AvgIpc) is 2.38. The molecule has 2 aliphatic rings. The molecule has 0 aliphatic carbocycles. The van der Waals surface area contributed by atoms with E-state index in [4.69, 9.17) is 4.74 Å². The summed E-state index contributed by atoms with van der Waals surface area (Å²) in [5.41, 5.74) is 0. The van der Waals surface area contributed by atoms with Gasteiger partial charge in [-0.25, -0.2) is 13.1 Å². The van der Waals surface area contributed by atoms with Gasteiger partial charge in [-0.3, -0.25) is 0 Å². The minimum atomic E-state index is -3.14. The highest BCUT2D eigenvalue weighted by Gasteiger charge is 2.22. The third-order valence-electron chi connectivity index (χ3n) is 3.72. The summed E-state index contributed by atoms with van der Waals surface area (Å²) in [5.74, 6) is 0.567. The van der Waals surface area contributed by atoms with Gasteiger partial charge in [0.25, 0.3) is 0 Å². The molecule has 0 bridgehead atoms. The molecule has 0 aromatic rings. The number of nitrogens with one attached hydrogen (secondary N) is 2. The molecule has 0 spiro atoms. The van der Waals surface area contributed by atoms with Crippen molar-refractivity contribution >= 4 is 10.0 Å². The first kappa shape index (κ1) is 14.2. The maximum Gasteiger partial charge on any atom is 0.211 e. The van der Waals surface area contributed by atoms with Crippen molar-refractivity contribution in [2.45, 2.75) is 38.2 Å². The lowest BCUT2D eigenvalue weighted by Crippen LogP contribution is -2.39. The van der Waals surface area contributed by atoms with E-state index in [1.54, 1.807) is 0 Å². The molecule has 2 aliphatic heterocycles. The zero-order valence-corrected chi connectivity index (χ0v) is 11.7. The Hall–Kier alpha value is -0.170. The Morgan fingerprint density at radius 2 is 1.94 bits per heavy atom. The van der Waals surface area contributed by atoms with E-state index in [-0.39, 0.29) is 11.9 Å². The zero-order valence-electron chi connectivity index (χ0n) is 10.9. The van der Waals surface area contributed by atoms with Gasteiger partial charge in [-0.2, -0.15) is 0 Å². The standard InChI is InChI=1S/C12H24N2O3S/c15-18(16,10-11-4-6-13-7-5-11)14-9-12-3-1-2-8-17-12/h11-14H,1-10H2. The van der Waals surface area contributed by atoms with Crippen LogP contribution in [0.1, 0.15) is 32.1 Å². The molecule has 2 rings (SSSR count). The van der Waals surface area contributed by atoms with Crippen molar-refractivity contribution in [3.8, 4) is 0 Å². The molecule has 18 heavy (non-hydrogen) atoms. The van der Waals surface area contributed by atoms with E-state index in [9.17, 15) is 8.42 Å². The van der Waals surface area contributed by atoms with Gasteiger partial charge in [-0.1, -0.05) is 0 Å². The fourth-order valence-corrected chi connectivity index (χ4v) is 4.12. The summed E-state index contributed by atoms with van der Waals surface area (Å²) in [4.78, 5) is 0. The van der Waals surface area contributed by atoms with Crippen molar-refractivity contribution < 1.29 is 13.2 Å². The van der Waals surface area contributed by atoms with Crippen LogP contribution in [-0.2, 0) is 14.8 Å². The first-order valence-electron chi connectivity index (χ1n) is 6.95. The lowest BCUT2D eigenvalue weighted by atomic mass is 10.0. The molecule has 0 aromatic heterocycles. The maximum absolute atomic E-state index is 12.0. The highest BCUT2D eigenvalue weighted by atomic mass is 32.2. The lowest BCUT2D eigenvalue weighted by Gasteiger charge is -2.25. The van der Waals surface area contributed by atoms with Gasteiger partial charge in [-0.05, 0) is 51.1 Å². The third-order valence-corrected chi connectivity index (χ3v) is 5.24. The van der Waals surface area contributed by atoms with Crippen LogP contribution in [0.2, 0.25) is 0 Å². The topological polar surface area (TPSA) is 67.4 Å². The van der Waals surface area contributed by atoms with Crippen LogP contribution >= 0.6 is 0 Å². The summed E-state index contributed by atoms with van der Waals surface area (Å²) in [5, 5.41) is 3.25. The molecule has 5 nitrogen and oxygen atoms in total. The Kier molecular flexibility index (Phi) is 5.41. The molecule has 0 amide bonds. The molecule has 1 unspecified atom stereocenters. The molecule has 2 heterocycles. The first-order chi connectivity index (χ1) is 8.66. The van der Waals surface area contributed by atoms with Crippen molar-refractivity contribution in [3.63, 3.8) is 0 Å². The van der Waals surface area contributed by atoms with E-state index in [2.05, 4.69) is 10.0 Å². The molecule has 2 fully saturated rings. The maximum atomic E-state index is 12.0. The molecule has 1 atom stereocenters. The number of rotatable bonds is 5. The predicted molar refractivity (Wildman–Crippen MR) is 71.0 cm³/mol. The Morgan fingerprint density at radius 1 is 1.17 bits per heavy atom. The van der Waals surface area contributed by atoms with Gasteiger partial charge in [0.05, 0.1) is 11.9 Å². The molecule has 106 valence electrons. The lowest BCUT2D eigenvalue weighted by molar-refractivity contribution is 0.0200. The molecule has 0 radical (unpaired) electrons. The van der Waals surface area contributed by atoms with Crippen LogP contribution < -0.4 is 10.0 Å². The van der Waals surface area contributed by atoms with E-state index in [0.29, 0.717) is 12.5 Å². The third kappa shape index (κ3) is 4.84. The largest absolute Gasteiger partial charge is 0.377 e. The van der Waals surface area contributed by atoms with Crippen molar-refractivity contribution in [1.82, 2.24) is 10.0 Å². The van der Waals surface area contributed by atoms with Gasteiger partial charge in [0, 0.05) is 13.2 Å². The summed E-state index contributed by atoms with van der Waals surface area (Å²) in [7, 11) is -3.14. The number of piperidine rings is 1. The number of hydrogen-bond donors (Lipinski definition) is 2. The van der Waals surface area contributed by atoms with Crippen LogP contribution in [-0.4, -0.2) is 46.5 Å². The van der Waals surface area contributed by atoms with Crippen LogP contribution in [0.3, 0.4) is 0 Å². The quantitative estimate of drug-likeness (QED) is 0.766. The minimum absolute atomic E-state index is 0.0709. The van der Waals surface area contributed by atoms with E-state index < -0.39 is 10.0 Å². The smallest absolute Gasteiger partial charge is 0.211 e. The Bertz CT molecular complexity index is 333.